The molecule has 0 amide bonds. The second-order valence-electron chi connectivity index (χ2n) is 17.0. The largest absolute Gasteiger partial charge is 0.436 e. The Labute approximate surface area is 362 Å². The molecule has 13 rings (SSSR count). The molecule has 3 aromatic heterocycles. The van der Waals surface area contributed by atoms with Crippen LogP contribution in [-0.4, -0.2) is 14.5 Å². The van der Waals surface area contributed by atoms with Crippen LogP contribution in [0.15, 0.2) is 203 Å². The lowest BCUT2D eigenvalue weighted by atomic mass is 9.82. The van der Waals surface area contributed by atoms with Gasteiger partial charge in [0.25, 0.3) is 0 Å². The fraction of sp³-hybridized carbons (Fsp3) is 0.0526. The van der Waals surface area contributed by atoms with Gasteiger partial charge in [0.05, 0.1) is 16.7 Å². The summed E-state index contributed by atoms with van der Waals surface area (Å²) in [7, 11) is 0. The highest BCUT2D eigenvalue weighted by atomic mass is 16.4. The van der Waals surface area contributed by atoms with E-state index in [1.807, 2.05) is 48.5 Å². The van der Waals surface area contributed by atoms with Gasteiger partial charge in [-0.1, -0.05) is 105 Å². The van der Waals surface area contributed by atoms with Gasteiger partial charge in [-0.2, -0.15) is 0 Å². The molecule has 0 saturated carbocycles. The monoisotopic (exact) mass is 810 g/mol. The highest BCUT2D eigenvalue weighted by molar-refractivity contribution is 6.10. The Kier molecular flexibility index (Phi) is 7.55. The molecular formula is C57H38N4O2. The molecule has 63 heavy (non-hydrogen) atoms. The molecule has 6 nitrogen and oxygen atoms in total. The first-order valence-electron chi connectivity index (χ1n) is 21.4. The van der Waals surface area contributed by atoms with Crippen molar-refractivity contribution in [3.8, 4) is 39.7 Å². The number of aromatic nitrogens is 3. The minimum Gasteiger partial charge on any atom is -0.436 e. The highest BCUT2D eigenvalue weighted by Gasteiger charge is 2.37. The van der Waals surface area contributed by atoms with Crippen molar-refractivity contribution in [1.82, 2.24) is 14.5 Å². The molecule has 0 radical (unpaired) electrons. The predicted molar refractivity (Wildman–Crippen MR) is 257 cm³/mol. The second kappa shape index (κ2) is 13.4. The predicted octanol–water partition coefficient (Wildman–Crippen LogP) is 15.3. The standard InChI is InChI=1S/C57H38N4O2/c1-57(2)46-33-39(60(50-19-11-13-35-12-3-4-14-41(35)50)38-25-22-36(23-26-38)55-58-48-16-6-9-20-53(48)62-55)27-29-42(46)43-30-28-40(34-47(43)57)61-51-18-8-5-15-44(51)45-32-37(24-31-52(45)61)56-59-49-17-7-10-21-54(49)63-56/h3-34H,1-2H3. The van der Waals surface area contributed by atoms with Crippen LogP contribution in [0.3, 0.4) is 0 Å². The zero-order chi connectivity index (χ0) is 41.8. The highest BCUT2D eigenvalue weighted by Crippen LogP contribution is 2.52. The number of fused-ring (bicyclic) bond motifs is 9. The van der Waals surface area contributed by atoms with Crippen LogP contribution >= 0.6 is 0 Å². The first kappa shape index (κ1) is 35.5. The summed E-state index contributed by atoms with van der Waals surface area (Å²) in [4.78, 5) is 12.0. The van der Waals surface area contributed by atoms with Crippen molar-refractivity contribution in [1.29, 1.82) is 0 Å². The summed E-state index contributed by atoms with van der Waals surface area (Å²) in [5, 5.41) is 4.72. The minimum absolute atomic E-state index is 0.281. The van der Waals surface area contributed by atoms with Crippen LogP contribution in [0.2, 0.25) is 0 Å². The molecule has 12 aromatic rings. The SMILES string of the molecule is CC1(C)c2cc(N(c3ccc(-c4nc5ccccc5o4)cc3)c3cccc4ccccc34)ccc2-c2ccc(-n3c4ccccc4c4cc(-c5nc6ccccc6o5)ccc43)cc21. The van der Waals surface area contributed by atoms with E-state index in [9.17, 15) is 0 Å². The summed E-state index contributed by atoms with van der Waals surface area (Å²) < 4.78 is 14.8. The van der Waals surface area contributed by atoms with E-state index in [0.29, 0.717) is 11.8 Å². The molecule has 0 saturated heterocycles. The van der Waals surface area contributed by atoms with Crippen molar-refractivity contribution in [2.24, 2.45) is 0 Å². The Bertz CT molecular complexity index is 3720. The molecule has 0 fully saturated rings. The maximum absolute atomic E-state index is 6.21. The van der Waals surface area contributed by atoms with E-state index in [4.69, 9.17) is 18.8 Å². The van der Waals surface area contributed by atoms with Crippen molar-refractivity contribution in [3.05, 3.63) is 205 Å². The van der Waals surface area contributed by atoms with E-state index < -0.39 is 0 Å². The van der Waals surface area contributed by atoms with Crippen molar-refractivity contribution in [2.75, 3.05) is 4.90 Å². The van der Waals surface area contributed by atoms with Crippen molar-refractivity contribution in [3.63, 3.8) is 0 Å². The molecule has 9 aromatic carbocycles. The Morgan fingerprint density at radius 2 is 1.05 bits per heavy atom. The molecule has 1 aliphatic carbocycles. The minimum atomic E-state index is -0.281. The summed E-state index contributed by atoms with van der Waals surface area (Å²) in [6, 6.07) is 68.8. The van der Waals surface area contributed by atoms with E-state index in [1.165, 1.54) is 38.4 Å². The van der Waals surface area contributed by atoms with Gasteiger partial charge < -0.3 is 18.3 Å². The lowest BCUT2D eigenvalue weighted by Gasteiger charge is -2.29. The Balaban J connectivity index is 0.915. The Hall–Kier alpha value is -8.22. The summed E-state index contributed by atoms with van der Waals surface area (Å²) in [6.07, 6.45) is 0. The van der Waals surface area contributed by atoms with Crippen LogP contribution in [0, 0.1) is 0 Å². The van der Waals surface area contributed by atoms with Gasteiger partial charge >= 0.3 is 0 Å². The van der Waals surface area contributed by atoms with Crippen LogP contribution < -0.4 is 4.90 Å². The molecule has 298 valence electrons. The van der Waals surface area contributed by atoms with Crippen molar-refractivity contribution < 1.29 is 8.83 Å². The summed E-state index contributed by atoms with van der Waals surface area (Å²) in [5.74, 6) is 1.24. The zero-order valence-electron chi connectivity index (χ0n) is 34.6. The second-order valence-corrected chi connectivity index (χ2v) is 17.0. The smallest absolute Gasteiger partial charge is 0.227 e. The van der Waals surface area contributed by atoms with Crippen LogP contribution in [0.5, 0.6) is 0 Å². The number of nitrogens with zero attached hydrogens (tertiary/aromatic N) is 4. The fourth-order valence-electron chi connectivity index (χ4n) is 9.95. The number of hydrogen-bond acceptors (Lipinski definition) is 5. The van der Waals surface area contributed by atoms with Gasteiger partial charge in [-0.25, -0.2) is 9.97 Å². The Morgan fingerprint density at radius 1 is 0.460 bits per heavy atom. The van der Waals surface area contributed by atoms with Gasteiger partial charge in [-0.05, 0) is 131 Å². The number of para-hydroxylation sites is 5. The van der Waals surface area contributed by atoms with Crippen LogP contribution in [0.1, 0.15) is 25.0 Å². The van der Waals surface area contributed by atoms with Gasteiger partial charge in [0, 0.05) is 49.8 Å². The molecule has 0 atom stereocenters. The lowest BCUT2D eigenvalue weighted by Crippen LogP contribution is -2.17. The molecule has 3 heterocycles. The zero-order valence-corrected chi connectivity index (χ0v) is 34.6. The van der Waals surface area contributed by atoms with Crippen LogP contribution in [-0.2, 0) is 5.41 Å². The van der Waals surface area contributed by atoms with E-state index in [0.717, 1.165) is 72.5 Å². The summed E-state index contributed by atoms with van der Waals surface area (Å²) >= 11 is 0. The lowest BCUT2D eigenvalue weighted by molar-refractivity contribution is 0.619. The topological polar surface area (TPSA) is 60.2 Å². The average Bonchev–Trinajstić information content (AvgIpc) is 4.10. The van der Waals surface area contributed by atoms with E-state index in [2.05, 4.69) is 169 Å². The number of anilines is 3. The Morgan fingerprint density at radius 3 is 1.81 bits per heavy atom. The van der Waals surface area contributed by atoms with Crippen molar-refractivity contribution in [2.45, 2.75) is 19.3 Å². The van der Waals surface area contributed by atoms with E-state index >= 15 is 0 Å². The van der Waals surface area contributed by atoms with Crippen LogP contribution in [0.4, 0.5) is 17.1 Å². The van der Waals surface area contributed by atoms with E-state index in [-0.39, 0.29) is 5.41 Å². The third-order valence-electron chi connectivity index (χ3n) is 13.0. The first-order chi connectivity index (χ1) is 31.0. The average molecular weight is 811 g/mol. The number of hydrogen-bond donors (Lipinski definition) is 0. The quantitative estimate of drug-likeness (QED) is 0.167. The molecule has 0 N–H and O–H groups in total. The van der Waals surface area contributed by atoms with Gasteiger partial charge in [0.1, 0.15) is 11.0 Å². The van der Waals surface area contributed by atoms with Crippen molar-refractivity contribution >= 4 is 71.8 Å². The molecule has 6 heteroatoms. The normalized spacial score (nSPS) is 13.0. The maximum atomic E-state index is 6.21. The number of rotatable bonds is 6. The molecule has 1 aliphatic rings. The molecule has 0 aliphatic heterocycles. The van der Waals surface area contributed by atoms with Gasteiger partial charge in [0.2, 0.25) is 11.8 Å². The fourth-order valence-corrected chi connectivity index (χ4v) is 9.95. The molecule has 0 spiro atoms. The van der Waals surface area contributed by atoms with Gasteiger partial charge in [-0.15, -0.1) is 0 Å². The van der Waals surface area contributed by atoms with E-state index in [1.54, 1.807) is 0 Å². The van der Waals surface area contributed by atoms with Gasteiger partial charge in [-0.3, -0.25) is 0 Å². The third-order valence-corrected chi connectivity index (χ3v) is 13.0. The summed E-state index contributed by atoms with van der Waals surface area (Å²) in [6.45, 7) is 4.72. The molecular weight excluding hydrogens is 773 g/mol. The molecule has 0 bridgehead atoms. The summed E-state index contributed by atoms with van der Waals surface area (Å²) in [5.41, 5.74) is 16.7. The maximum Gasteiger partial charge on any atom is 0.227 e. The first-order valence-corrected chi connectivity index (χ1v) is 21.4. The number of benzene rings is 9. The van der Waals surface area contributed by atoms with Crippen LogP contribution in [0.25, 0.3) is 94.5 Å². The third kappa shape index (κ3) is 5.44. The molecule has 0 unspecified atom stereocenters. The van der Waals surface area contributed by atoms with Gasteiger partial charge in [0.15, 0.2) is 11.2 Å². The number of oxazole rings is 2.